The summed E-state index contributed by atoms with van der Waals surface area (Å²) in [6, 6.07) is 19.1. The van der Waals surface area contributed by atoms with E-state index in [-0.39, 0.29) is 5.78 Å². The van der Waals surface area contributed by atoms with Crippen molar-refractivity contribution in [1.29, 1.82) is 0 Å². The van der Waals surface area contributed by atoms with E-state index in [9.17, 15) is 4.79 Å². The lowest BCUT2D eigenvalue weighted by molar-refractivity contribution is 0.103. The molecule has 0 heterocycles. The summed E-state index contributed by atoms with van der Waals surface area (Å²) < 4.78 is 5.19. The van der Waals surface area contributed by atoms with Crippen LogP contribution in [0.25, 0.3) is 0 Å². The number of rotatable bonds is 6. The highest BCUT2D eigenvalue weighted by molar-refractivity contribution is 6.04. The van der Waals surface area contributed by atoms with Gasteiger partial charge in [-0.15, -0.1) is 0 Å². The second-order valence-corrected chi connectivity index (χ2v) is 4.28. The van der Waals surface area contributed by atoms with Crippen molar-refractivity contribution in [2.24, 2.45) is 0 Å². The minimum Gasteiger partial charge on any atom is -0.482 e. The number of carbonyl (C=O) groups is 1. The van der Waals surface area contributed by atoms with Crippen LogP contribution in [0.5, 0.6) is 0 Å². The van der Waals surface area contributed by atoms with Crippen molar-refractivity contribution in [2.45, 2.75) is 6.54 Å². The first-order chi connectivity index (χ1) is 9.79. The molecule has 0 aliphatic heterocycles. The number of benzene rings is 2. The van der Waals surface area contributed by atoms with E-state index in [0.29, 0.717) is 18.0 Å². The van der Waals surface area contributed by atoms with Crippen molar-refractivity contribution in [1.82, 2.24) is 5.32 Å². The molecule has 0 fully saturated rings. The van der Waals surface area contributed by atoms with E-state index < -0.39 is 0 Å². The topological polar surface area (TPSA) is 38.3 Å². The normalized spacial score (nSPS) is 10.9. The van der Waals surface area contributed by atoms with E-state index in [4.69, 9.17) is 4.74 Å². The third-order valence-corrected chi connectivity index (χ3v) is 2.85. The van der Waals surface area contributed by atoms with Crippen LogP contribution in [-0.2, 0) is 11.3 Å². The Morgan fingerprint density at radius 2 is 1.65 bits per heavy atom. The van der Waals surface area contributed by atoms with E-state index in [1.54, 1.807) is 19.2 Å². The van der Waals surface area contributed by atoms with Gasteiger partial charge in [0.15, 0.2) is 11.7 Å². The van der Waals surface area contributed by atoms with Crippen LogP contribution in [0.15, 0.2) is 72.6 Å². The van der Waals surface area contributed by atoms with Gasteiger partial charge in [0, 0.05) is 18.2 Å². The molecule has 0 aliphatic rings. The standard InChI is InChI=1S/C17H17NO2/c1-20-17(18-13-14-8-4-2-5-9-14)12-16(19)15-10-6-3-7-11-15/h2-12,18H,13H2,1H3. The highest BCUT2D eigenvalue weighted by Crippen LogP contribution is 2.04. The molecule has 0 unspecified atom stereocenters. The van der Waals surface area contributed by atoms with Gasteiger partial charge in [-0.2, -0.15) is 0 Å². The van der Waals surface area contributed by atoms with Gasteiger partial charge in [-0.25, -0.2) is 0 Å². The van der Waals surface area contributed by atoms with Crippen LogP contribution in [-0.4, -0.2) is 12.9 Å². The molecule has 102 valence electrons. The third kappa shape index (κ3) is 3.99. The Kier molecular flexibility index (Phi) is 4.95. The number of hydrogen-bond donors (Lipinski definition) is 1. The minimum absolute atomic E-state index is 0.0805. The monoisotopic (exact) mass is 267 g/mol. The van der Waals surface area contributed by atoms with Gasteiger partial charge in [0.25, 0.3) is 0 Å². The Hall–Kier alpha value is -2.55. The molecule has 20 heavy (non-hydrogen) atoms. The third-order valence-electron chi connectivity index (χ3n) is 2.85. The number of allylic oxidation sites excluding steroid dienone is 1. The summed E-state index contributed by atoms with van der Waals surface area (Å²) in [5.41, 5.74) is 1.77. The van der Waals surface area contributed by atoms with Gasteiger partial charge >= 0.3 is 0 Å². The van der Waals surface area contributed by atoms with Gasteiger partial charge in [-0.05, 0) is 5.56 Å². The predicted molar refractivity (Wildman–Crippen MR) is 79.1 cm³/mol. The number of carbonyl (C=O) groups excluding carboxylic acids is 1. The minimum atomic E-state index is -0.0805. The quantitative estimate of drug-likeness (QED) is 0.496. The Balaban J connectivity index is 2.01. The van der Waals surface area contributed by atoms with Crippen LogP contribution in [0.1, 0.15) is 15.9 Å². The summed E-state index contributed by atoms with van der Waals surface area (Å²) in [6.07, 6.45) is 1.47. The fraction of sp³-hybridized carbons (Fsp3) is 0.118. The summed E-state index contributed by atoms with van der Waals surface area (Å²) in [4.78, 5) is 12.0. The molecule has 0 saturated heterocycles. The van der Waals surface area contributed by atoms with Gasteiger partial charge in [-0.3, -0.25) is 4.79 Å². The Bertz CT molecular complexity index is 576. The van der Waals surface area contributed by atoms with Gasteiger partial charge in [0.1, 0.15) is 0 Å². The second-order valence-electron chi connectivity index (χ2n) is 4.28. The molecule has 2 aromatic carbocycles. The smallest absolute Gasteiger partial charge is 0.191 e. The Morgan fingerprint density at radius 3 is 2.25 bits per heavy atom. The van der Waals surface area contributed by atoms with Crippen molar-refractivity contribution < 1.29 is 9.53 Å². The van der Waals surface area contributed by atoms with Gasteiger partial charge in [0.05, 0.1) is 7.11 Å². The van der Waals surface area contributed by atoms with Crippen LogP contribution in [0.3, 0.4) is 0 Å². The number of ketones is 1. The number of hydrogen-bond acceptors (Lipinski definition) is 3. The lowest BCUT2D eigenvalue weighted by atomic mass is 10.1. The predicted octanol–water partition coefficient (Wildman–Crippen LogP) is 3.15. The Morgan fingerprint density at radius 1 is 1.05 bits per heavy atom. The largest absolute Gasteiger partial charge is 0.482 e. The second kappa shape index (κ2) is 7.14. The molecule has 3 nitrogen and oxygen atoms in total. The van der Waals surface area contributed by atoms with Gasteiger partial charge in [0.2, 0.25) is 0 Å². The molecule has 0 saturated carbocycles. The maximum Gasteiger partial charge on any atom is 0.191 e. The first-order valence-electron chi connectivity index (χ1n) is 6.42. The van der Waals surface area contributed by atoms with E-state index >= 15 is 0 Å². The van der Waals surface area contributed by atoms with Crippen LogP contribution < -0.4 is 5.32 Å². The summed E-state index contributed by atoms with van der Waals surface area (Å²) in [7, 11) is 1.54. The van der Waals surface area contributed by atoms with Crippen LogP contribution >= 0.6 is 0 Å². The molecule has 2 rings (SSSR count). The maximum absolute atomic E-state index is 12.0. The number of methoxy groups -OCH3 is 1. The summed E-state index contributed by atoms with van der Waals surface area (Å²) in [6.45, 7) is 0.614. The van der Waals surface area contributed by atoms with Gasteiger partial charge < -0.3 is 10.1 Å². The van der Waals surface area contributed by atoms with Crippen molar-refractivity contribution in [3.05, 3.63) is 83.7 Å². The summed E-state index contributed by atoms with van der Waals surface area (Å²) >= 11 is 0. The van der Waals surface area contributed by atoms with Crippen LogP contribution in [0.4, 0.5) is 0 Å². The zero-order chi connectivity index (χ0) is 14.2. The van der Waals surface area contributed by atoms with Crippen molar-refractivity contribution >= 4 is 5.78 Å². The fourth-order valence-electron chi connectivity index (χ4n) is 1.77. The first kappa shape index (κ1) is 13.9. The molecular weight excluding hydrogens is 250 g/mol. The molecule has 0 spiro atoms. The molecule has 2 aromatic rings. The van der Waals surface area contributed by atoms with E-state index in [0.717, 1.165) is 5.56 Å². The van der Waals surface area contributed by atoms with Gasteiger partial charge in [-0.1, -0.05) is 60.7 Å². The summed E-state index contributed by atoms with van der Waals surface area (Å²) in [5.74, 6) is 0.380. The van der Waals surface area contributed by atoms with E-state index in [1.165, 1.54) is 6.08 Å². The van der Waals surface area contributed by atoms with Crippen LogP contribution in [0, 0.1) is 0 Å². The average molecular weight is 267 g/mol. The summed E-state index contributed by atoms with van der Waals surface area (Å²) in [5, 5.41) is 3.10. The molecule has 1 N–H and O–H groups in total. The lowest BCUT2D eigenvalue weighted by Gasteiger charge is -2.09. The number of nitrogens with one attached hydrogen (secondary N) is 1. The molecule has 0 radical (unpaired) electrons. The molecular formula is C17H17NO2. The van der Waals surface area contributed by atoms with Crippen molar-refractivity contribution in [2.75, 3.05) is 7.11 Å². The van der Waals surface area contributed by atoms with Crippen molar-refractivity contribution in [3.8, 4) is 0 Å². The fourth-order valence-corrected chi connectivity index (χ4v) is 1.77. The first-order valence-corrected chi connectivity index (χ1v) is 6.42. The maximum atomic E-state index is 12.0. The van der Waals surface area contributed by atoms with E-state index in [1.807, 2.05) is 48.5 Å². The van der Waals surface area contributed by atoms with Crippen molar-refractivity contribution in [3.63, 3.8) is 0 Å². The molecule has 0 aromatic heterocycles. The molecule has 0 amide bonds. The molecule has 0 bridgehead atoms. The molecule has 0 atom stereocenters. The highest BCUT2D eigenvalue weighted by atomic mass is 16.5. The zero-order valence-corrected chi connectivity index (χ0v) is 11.4. The number of ether oxygens (including phenoxy) is 1. The Labute approximate surface area is 118 Å². The zero-order valence-electron chi connectivity index (χ0n) is 11.4. The SMILES string of the molecule is COC(=CC(=O)c1ccccc1)NCc1ccccc1. The van der Waals surface area contributed by atoms with Crippen LogP contribution in [0.2, 0.25) is 0 Å². The van der Waals surface area contributed by atoms with E-state index in [2.05, 4.69) is 5.32 Å². The molecule has 0 aliphatic carbocycles. The average Bonchev–Trinajstić information content (AvgIpc) is 2.53. The molecule has 3 heteroatoms. The highest BCUT2D eigenvalue weighted by Gasteiger charge is 2.04. The lowest BCUT2D eigenvalue weighted by Crippen LogP contribution is -2.15.